The summed E-state index contributed by atoms with van der Waals surface area (Å²) in [6, 6.07) is 11.2. The van der Waals surface area contributed by atoms with Gasteiger partial charge < -0.3 is 28.0 Å². The van der Waals surface area contributed by atoms with Crippen molar-refractivity contribution in [1.82, 2.24) is 10.3 Å². The summed E-state index contributed by atoms with van der Waals surface area (Å²) >= 11 is 0. The minimum Gasteiger partial charge on any atom is -0.487 e. The van der Waals surface area contributed by atoms with Crippen molar-refractivity contribution in [1.29, 1.82) is 0 Å². The van der Waals surface area contributed by atoms with Crippen LogP contribution in [0.15, 0.2) is 45.4 Å². The van der Waals surface area contributed by atoms with E-state index in [9.17, 15) is 0 Å². The Hall–Kier alpha value is -2.84. The molecule has 0 atom stereocenters. The fourth-order valence-electron chi connectivity index (χ4n) is 2.42. The van der Waals surface area contributed by atoms with E-state index in [0.29, 0.717) is 62.7 Å². The molecule has 0 bridgehead atoms. The van der Waals surface area contributed by atoms with Crippen molar-refractivity contribution in [3.63, 3.8) is 0 Å². The van der Waals surface area contributed by atoms with Gasteiger partial charge in [0, 0.05) is 12.1 Å². The lowest BCUT2D eigenvalue weighted by Gasteiger charge is -2.12. The number of aryl methyl sites for hydroxylation is 2. The summed E-state index contributed by atoms with van der Waals surface area (Å²) in [5, 5.41) is 7.63. The van der Waals surface area contributed by atoms with Gasteiger partial charge in [0.25, 0.3) is 0 Å². The average molecular weight is 388 g/mol. The lowest BCUT2D eigenvalue weighted by molar-refractivity contribution is 0.0677. The first-order chi connectivity index (χ1) is 13.7. The molecule has 3 aromatic rings. The average Bonchev–Trinajstić information content (AvgIpc) is 3.30. The highest BCUT2D eigenvalue weighted by molar-refractivity contribution is 5.39. The number of nitrogens with zero attached hydrogens (tertiary/aromatic N) is 2. The van der Waals surface area contributed by atoms with Crippen molar-refractivity contribution in [3.8, 4) is 11.5 Å². The predicted octanol–water partition coefficient (Wildman–Crippen LogP) is 3.47. The molecule has 0 fully saturated rings. The Kier molecular flexibility index (Phi) is 7.45. The molecule has 0 aliphatic rings. The molecule has 0 N–H and O–H groups in total. The van der Waals surface area contributed by atoms with E-state index in [2.05, 4.69) is 10.3 Å². The molecular weight excluding hydrogens is 364 g/mol. The molecule has 8 nitrogen and oxygen atoms in total. The normalized spacial score (nSPS) is 10.9. The van der Waals surface area contributed by atoms with Crippen molar-refractivity contribution in [2.24, 2.45) is 0 Å². The lowest BCUT2D eigenvalue weighted by Crippen LogP contribution is -2.10. The van der Waals surface area contributed by atoms with Crippen LogP contribution in [0.4, 0.5) is 0 Å². The molecule has 0 saturated carbocycles. The van der Waals surface area contributed by atoms with E-state index >= 15 is 0 Å². The molecule has 0 amide bonds. The van der Waals surface area contributed by atoms with Crippen molar-refractivity contribution >= 4 is 0 Å². The third kappa shape index (κ3) is 6.40. The van der Waals surface area contributed by atoms with E-state index in [0.717, 1.165) is 11.4 Å². The van der Waals surface area contributed by atoms with Crippen molar-refractivity contribution in [2.75, 3.05) is 26.4 Å². The van der Waals surface area contributed by atoms with E-state index in [1.807, 2.05) is 50.2 Å². The maximum absolute atomic E-state index is 5.75. The number of benzene rings is 1. The number of aromatic nitrogens is 2. The SMILES string of the molecule is Cc1cc(COCCOc2ccccc2OCCOCc2cc(C)no2)on1. The highest BCUT2D eigenvalue weighted by Crippen LogP contribution is 2.26. The quantitative estimate of drug-likeness (QED) is 0.436. The van der Waals surface area contributed by atoms with E-state index < -0.39 is 0 Å². The van der Waals surface area contributed by atoms with Gasteiger partial charge in [-0.1, -0.05) is 22.4 Å². The Morgan fingerprint density at radius 3 is 1.57 bits per heavy atom. The van der Waals surface area contributed by atoms with Gasteiger partial charge in [-0.05, 0) is 26.0 Å². The summed E-state index contributed by atoms with van der Waals surface area (Å²) in [5.41, 5.74) is 1.67. The first-order valence-electron chi connectivity index (χ1n) is 9.05. The van der Waals surface area contributed by atoms with Crippen LogP contribution in [-0.2, 0) is 22.7 Å². The highest BCUT2D eigenvalue weighted by atomic mass is 16.6. The minimum atomic E-state index is 0.365. The zero-order valence-electron chi connectivity index (χ0n) is 16.1. The molecular formula is C20H24N2O6. The van der Waals surface area contributed by atoms with Crippen molar-refractivity contribution < 1.29 is 28.0 Å². The Balaban J connectivity index is 1.33. The first kappa shape index (κ1) is 19.9. The summed E-state index contributed by atoms with van der Waals surface area (Å²) in [6.07, 6.45) is 0. The maximum Gasteiger partial charge on any atom is 0.162 e. The molecule has 0 aliphatic carbocycles. The zero-order valence-corrected chi connectivity index (χ0v) is 16.1. The molecule has 1 aromatic carbocycles. The van der Waals surface area contributed by atoms with Crippen LogP contribution in [0.3, 0.4) is 0 Å². The van der Waals surface area contributed by atoms with Crippen molar-refractivity contribution in [2.45, 2.75) is 27.1 Å². The Bertz CT molecular complexity index is 775. The van der Waals surface area contributed by atoms with Gasteiger partial charge in [-0.25, -0.2) is 0 Å². The maximum atomic E-state index is 5.75. The number of hydrogen-bond acceptors (Lipinski definition) is 8. The Labute approximate surface area is 163 Å². The summed E-state index contributed by atoms with van der Waals surface area (Å²) in [5.74, 6) is 2.71. The Morgan fingerprint density at radius 2 is 1.18 bits per heavy atom. The van der Waals surface area contributed by atoms with Crippen LogP contribution in [0, 0.1) is 13.8 Å². The van der Waals surface area contributed by atoms with Crippen LogP contribution in [0.5, 0.6) is 11.5 Å². The van der Waals surface area contributed by atoms with Gasteiger partial charge in [0.2, 0.25) is 0 Å². The smallest absolute Gasteiger partial charge is 0.162 e. The number of para-hydroxylation sites is 2. The monoisotopic (exact) mass is 388 g/mol. The second-order valence-corrected chi connectivity index (χ2v) is 6.12. The van der Waals surface area contributed by atoms with Crippen LogP contribution < -0.4 is 9.47 Å². The van der Waals surface area contributed by atoms with Crippen LogP contribution >= 0.6 is 0 Å². The van der Waals surface area contributed by atoms with Crippen LogP contribution in [0.25, 0.3) is 0 Å². The second-order valence-electron chi connectivity index (χ2n) is 6.12. The molecule has 8 heteroatoms. The molecule has 3 rings (SSSR count). The largest absolute Gasteiger partial charge is 0.487 e. The predicted molar refractivity (Wildman–Crippen MR) is 99.2 cm³/mol. The van der Waals surface area contributed by atoms with E-state index in [1.165, 1.54) is 0 Å². The molecule has 0 spiro atoms. The molecule has 0 radical (unpaired) electrons. The number of hydrogen-bond donors (Lipinski definition) is 0. The standard InChI is InChI=1S/C20H24N2O6/c1-15-11-17(27-21-15)13-23-7-9-25-19-5-3-4-6-20(19)26-10-8-24-14-18-12-16(2)22-28-18/h3-6,11-12H,7-10,13-14H2,1-2H3. The second kappa shape index (κ2) is 10.5. The molecule has 0 aliphatic heterocycles. The summed E-state index contributed by atoms with van der Waals surface area (Å²) in [4.78, 5) is 0. The van der Waals surface area contributed by atoms with Gasteiger partial charge >= 0.3 is 0 Å². The molecule has 0 unspecified atom stereocenters. The first-order valence-corrected chi connectivity index (χ1v) is 9.05. The molecule has 2 heterocycles. The third-order valence-corrected chi connectivity index (χ3v) is 3.66. The fourth-order valence-corrected chi connectivity index (χ4v) is 2.42. The van der Waals surface area contributed by atoms with E-state index in [1.54, 1.807) is 0 Å². The lowest BCUT2D eigenvalue weighted by atomic mass is 10.3. The topological polar surface area (TPSA) is 89.0 Å². The molecule has 2 aromatic heterocycles. The third-order valence-electron chi connectivity index (χ3n) is 3.66. The highest BCUT2D eigenvalue weighted by Gasteiger charge is 2.06. The van der Waals surface area contributed by atoms with Gasteiger partial charge in [-0.15, -0.1) is 0 Å². The van der Waals surface area contributed by atoms with Crippen LogP contribution in [-0.4, -0.2) is 36.7 Å². The van der Waals surface area contributed by atoms with E-state index in [4.69, 9.17) is 28.0 Å². The number of ether oxygens (including phenoxy) is 4. The molecule has 150 valence electrons. The summed E-state index contributed by atoms with van der Waals surface area (Å²) < 4.78 is 32.7. The van der Waals surface area contributed by atoms with Crippen molar-refractivity contribution in [3.05, 3.63) is 59.3 Å². The molecule has 28 heavy (non-hydrogen) atoms. The Morgan fingerprint density at radius 1 is 0.714 bits per heavy atom. The fraction of sp³-hybridized carbons (Fsp3) is 0.400. The van der Waals surface area contributed by atoms with Gasteiger partial charge in [0.15, 0.2) is 23.0 Å². The van der Waals surface area contributed by atoms with Gasteiger partial charge in [0.05, 0.1) is 24.6 Å². The van der Waals surface area contributed by atoms with E-state index in [-0.39, 0.29) is 0 Å². The summed E-state index contributed by atoms with van der Waals surface area (Å²) in [6.45, 7) is 6.11. The van der Waals surface area contributed by atoms with Crippen LogP contribution in [0.1, 0.15) is 22.9 Å². The van der Waals surface area contributed by atoms with Gasteiger partial charge in [0.1, 0.15) is 26.4 Å². The molecule has 0 saturated heterocycles. The van der Waals surface area contributed by atoms with Gasteiger partial charge in [-0.3, -0.25) is 0 Å². The zero-order chi connectivity index (χ0) is 19.6. The number of rotatable bonds is 12. The van der Waals surface area contributed by atoms with Gasteiger partial charge in [-0.2, -0.15) is 0 Å². The minimum absolute atomic E-state index is 0.365. The van der Waals surface area contributed by atoms with Crippen LogP contribution in [0.2, 0.25) is 0 Å². The summed E-state index contributed by atoms with van der Waals surface area (Å²) in [7, 11) is 0.